The van der Waals surface area contributed by atoms with Gasteiger partial charge in [0.15, 0.2) is 5.65 Å². The standard InChI is InChI=1S/C12H19N8.Al/c1-8(2-13)19-5-9(3-17-19)6-20-12-10(4-18-20)11(14)15-7-16-12;/h7-9,17H,2-3,5-6,13H2,1H3,(H2,14,15,16);. The first-order valence-electron chi connectivity index (χ1n) is 7.02. The fourth-order valence-electron chi connectivity index (χ4n) is 2.67. The van der Waals surface area contributed by atoms with Crippen LogP contribution in [0.2, 0.25) is 0 Å². The van der Waals surface area contributed by atoms with Crippen LogP contribution in [0, 0.1) is 5.92 Å². The number of nitrogens with one attached hydrogen (secondary N) is 1. The number of anilines is 1. The summed E-state index contributed by atoms with van der Waals surface area (Å²) in [6, 6.07) is 0.333. The first kappa shape index (κ1) is 14.7. The van der Waals surface area contributed by atoms with Crippen LogP contribution in [0.25, 0.3) is 11.0 Å². The van der Waals surface area contributed by atoms with Crippen LogP contribution in [0.4, 0.5) is 5.82 Å². The molecule has 2 unspecified atom stereocenters. The van der Waals surface area contributed by atoms with E-state index < -0.39 is 0 Å². The zero-order valence-corrected chi connectivity index (χ0v) is 13.2. The number of hydrazine groups is 1. The van der Waals surface area contributed by atoms with Gasteiger partial charge in [0.2, 0.25) is 16.3 Å². The summed E-state index contributed by atoms with van der Waals surface area (Å²) in [6.07, 6.45) is 1.48. The molecule has 8 nitrogen and oxygen atoms in total. The number of fused-ring (bicyclic) bond motifs is 1. The van der Waals surface area contributed by atoms with E-state index in [4.69, 9.17) is 11.5 Å². The van der Waals surface area contributed by atoms with Gasteiger partial charge in [0.05, 0.1) is 5.39 Å². The number of rotatable bonds is 4. The van der Waals surface area contributed by atoms with Crippen molar-refractivity contribution in [1.82, 2.24) is 30.2 Å². The second kappa shape index (κ2) is 5.87. The zero-order chi connectivity index (χ0) is 15.0. The molecular formula is C12H19AlN8. The van der Waals surface area contributed by atoms with E-state index in [0.717, 1.165) is 35.2 Å². The lowest BCUT2D eigenvalue weighted by atomic mass is 10.1. The van der Waals surface area contributed by atoms with Crippen molar-refractivity contribution in [1.29, 1.82) is 0 Å². The van der Waals surface area contributed by atoms with Crippen LogP contribution in [0.3, 0.4) is 0 Å². The van der Waals surface area contributed by atoms with Gasteiger partial charge < -0.3 is 11.5 Å². The maximum Gasteiger partial charge on any atom is 0.214 e. The fourth-order valence-corrected chi connectivity index (χ4v) is 3.09. The summed E-state index contributed by atoms with van der Waals surface area (Å²) in [5, 5.41) is 7.55. The van der Waals surface area contributed by atoms with E-state index >= 15 is 0 Å². The Balaban J connectivity index is 1.79. The molecule has 1 aliphatic heterocycles. The molecule has 3 heterocycles. The first-order valence-corrected chi connectivity index (χ1v) is 7.60. The monoisotopic (exact) mass is 302 g/mol. The first-order chi connectivity index (χ1) is 10.1. The number of nitrogen functional groups attached to an aromatic ring is 1. The van der Waals surface area contributed by atoms with Crippen molar-refractivity contribution < 1.29 is 0 Å². The Morgan fingerprint density at radius 3 is 3.10 bits per heavy atom. The molecule has 9 heteroatoms. The van der Waals surface area contributed by atoms with Crippen LogP contribution in [0.1, 0.15) is 6.92 Å². The van der Waals surface area contributed by atoms with Crippen molar-refractivity contribution in [2.75, 3.05) is 25.4 Å². The van der Waals surface area contributed by atoms with Crippen LogP contribution in [0.5, 0.6) is 0 Å². The summed E-state index contributed by atoms with van der Waals surface area (Å²) in [5.41, 5.74) is 15.8. The molecule has 3 rings (SSSR count). The van der Waals surface area contributed by atoms with E-state index in [1.807, 2.05) is 4.68 Å². The quantitative estimate of drug-likeness (QED) is 0.559. The maximum absolute atomic E-state index is 5.91. The minimum atomic E-state index is 0.333. The molecule has 110 valence electrons. The average Bonchev–Trinajstić information content (AvgIpc) is 3.05. The molecule has 1 saturated heterocycles. The number of hydrogen-bond donors (Lipinski definition) is 3. The number of nitrogens with two attached hydrogens (primary N) is 2. The molecule has 0 saturated carbocycles. The third-order valence-corrected chi connectivity index (χ3v) is 4.33. The Kier molecular flexibility index (Phi) is 4.10. The van der Waals surface area contributed by atoms with Crippen molar-refractivity contribution >= 4 is 37.7 Å². The van der Waals surface area contributed by atoms with E-state index in [1.165, 1.54) is 6.33 Å². The summed E-state index contributed by atoms with van der Waals surface area (Å²) in [5.74, 6) is 0.932. The second-order valence-electron chi connectivity index (χ2n) is 5.49. The maximum atomic E-state index is 5.91. The molecular weight excluding hydrogens is 283 g/mol. The van der Waals surface area contributed by atoms with E-state index in [9.17, 15) is 0 Å². The van der Waals surface area contributed by atoms with E-state index in [0.29, 0.717) is 24.3 Å². The molecule has 2 aromatic heterocycles. The minimum absolute atomic E-state index is 0.333. The lowest BCUT2D eigenvalue weighted by Crippen LogP contribution is -2.42. The minimum Gasteiger partial charge on any atom is -0.383 e. The third-order valence-electron chi connectivity index (χ3n) is 3.93. The highest BCUT2D eigenvalue weighted by Gasteiger charge is 2.26. The fraction of sp³-hybridized carbons (Fsp3) is 0.583. The number of aromatic nitrogens is 4. The highest BCUT2D eigenvalue weighted by atomic mass is 27.0. The van der Waals surface area contributed by atoms with E-state index in [-0.39, 0.29) is 0 Å². The van der Waals surface area contributed by atoms with Crippen molar-refractivity contribution in [3.8, 4) is 0 Å². The molecule has 0 aliphatic carbocycles. The van der Waals surface area contributed by atoms with Gasteiger partial charge in [-0.25, -0.2) is 19.7 Å². The Bertz CT molecular complexity index is 641. The summed E-state index contributed by atoms with van der Waals surface area (Å²) in [6.45, 7) is 5.42. The largest absolute Gasteiger partial charge is 0.383 e. The summed E-state index contributed by atoms with van der Waals surface area (Å²) < 4.78 is 2.71. The van der Waals surface area contributed by atoms with Crippen molar-refractivity contribution in [3.05, 3.63) is 6.33 Å². The van der Waals surface area contributed by atoms with Gasteiger partial charge in [-0.2, -0.15) is 5.10 Å². The Morgan fingerprint density at radius 1 is 1.52 bits per heavy atom. The SMILES string of the molecule is CC(CN)N1CC(Cn2n[c]([Al])c3c(N)ncnc32)CN1. The molecule has 0 spiro atoms. The molecule has 0 amide bonds. The molecule has 1 aliphatic rings. The average molecular weight is 302 g/mol. The van der Waals surface area contributed by atoms with Gasteiger partial charge in [-0.3, -0.25) is 5.43 Å². The zero-order valence-electron chi connectivity index (χ0n) is 12.0. The number of hydrogen-bond acceptors (Lipinski definition) is 7. The molecule has 2 aromatic rings. The summed E-state index contributed by atoms with van der Waals surface area (Å²) >= 11 is 2.60. The van der Waals surface area contributed by atoms with E-state index in [1.54, 1.807) is 0 Å². The van der Waals surface area contributed by atoms with Crippen molar-refractivity contribution in [2.45, 2.75) is 19.5 Å². The highest BCUT2D eigenvalue weighted by molar-refractivity contribution is 6.38. The molecule has 21 heavy (non-hydrogen) atoms. The van der Waals surface area contributed by atoms with Crippen LogP contribution >= 0.6 is 0 Å². The summed E-state index contributed by atoms with van der Waals surface area (Å²) in [7, 11) is 0. The van der Waals surface area contributed by atoms with Crippen LogP contribution in [0.15, 0.2) is 6.33 Å². The van der Waals surface area contributed by atoms with Gasteiger partial charge in [-0.15, -0.1) is 0 Å². The molecule has 5 N–H and O–H groups in total. The van der Waals surface area contributed by atoms with Gasteiger partial charge >= 0.3 is 0 Å². The smallest absolute Gasteiger partial charge is 0.214 e. The lowest BCUT2D eigenvalue weighted by Gasteiger charge is -2.22. The third kappa shape index (κ3) is 2.75. The van der Waals surface area contributed by atoms with Gasteiger partial charge in [-0.05, 0) is 11.5 Å². The molecule has 2 atom stereocenters. The number of nitrogens with zero attached hydrogens (tertiary/aromatic N) is 5. The molecule has 1 fully saturated rings. The van der Waals surface area contributed by atoms with Gasteiger partial charge in [0.1, 0.15) is 12.1 Å². The Hall–Kier alpha value is -1.24. The van der Waals surface area contributed by atoms with Crippen LogP contribution in [-0.4, -0.2) is 66.7 Å². The second-order valence-corrected chi connectivity index (χ2v) is 6.04. The van der Waals surface area contributed by atoms with Crippen molar-refractivity contribution in [3.63, 3.8) is 0 Å². The molecule has 2 radical (unpaired) electrons. The molecule has 0 aromatic carbocycles. The lowest BCUT2D eigenvalue weighted by molar-refractivity contribution is 0.186. The van der Waals surface area contributed by atoms with Crippen LogP contribution < -0.4 is 21.4 Å². The normalized spacial score (nSPS) is 21.1. The Morgan fingerprint density at radius 2 is 2.33 bits per heavy atom. The van der Waals surface area contributed by atoms with Gasteiger partial charge in [0, 0.05) is 38.1 Å². The highest BCUT2D eigenvalue weighted by Crippen LogP contribution is 2.17. The topological polar surface area (TPSA) is 111 Å². The predicted molar refractivity (Wildman–Crippen MR) is 81.8 cm³/mol. The Labute approximate surface area is 131 Å². The predicted octanol–water partition coefficient (Wildman–Crippen LogP) is -2.01. The van der Waals surface area contributed by atoms with Gasteiger partial charge in [0.25, 0.3) is 0 Å². The van der Waals surface area contributed by atoms with Gasteiger partial charge in [-0.1, -0.05) is 0 Å². The van der Waals surface area contributed by atoms with Crippen molar-refractivity contribution in [2.24, 2.45) is 11.7 Å². The molecule has 0 bridgehead atoms. The van der Waals surface area contributed by atoms with E-state index in [2.05, 4.69) is 48.7 Å². The summed E-state index contributed by atoms with van der Waals surface area (Å²) in [4.78, 5) is 8.34. The van der Waals surface area contributed by atoms with Crippen LogP contribution in [-0.2, 0) is 6.54 Å².